The van der Waals surface area contributed by atoms with E-state index < -0.39 is 10.8 Å². The smallest absolute Gasteiger partial charge is 0.0610 e. The first-order chi connectivity index (χ1) is 6.25. The molecular weight excluding hydrogens is 186 g/mol. The summed E-state index contributed by atoms with van der Waals surface area (Å²) in [6.07, 6.45) is 2.94. The Hall–Kier alpha value is 0.0700. The second-order valence-electron chi connectivity index (χ2n) is 3.56. The molecule has 1 heterocycles. The van der Waals surface area contributed by atoms with Gasteiger partial charge >= 0.3 is 0 Å². The van der Waals surface area contributed by atoms with Gasteiger partial charge in [-0.1, -0.05) is 6.92 Å². The zero-order valence-electron chi connectivity index (χ0n) is 8.20. The molecule has 0 aliphatic carbocycles. The van der Waals surface area contributed by atoms with Crippen LogP contribution in [0.15, 0.2) is 0 Å². The van der Waals surface area contributed by atoms with Crippen molar-refractivity contribution in [2.24, 2.45) is 5.73 Å². The van der Waals surface area contributed by atoms with Crippen molar-refractivity contribution in [2.45, 2.75) is 36.7 Å². The fourth-order valence-corrected chi connectivity index (χ4v) is 3.23. The van der Waals surface area contributed by atoms with E-state index in [0.717, 1.165) is 25.9 Å². The standard InChI is InChI=1S/C9H19NO2S/c1-8(4-5-10)13(11)9-3-2-6-12-7-9/h8-9H,2-7,10H2,1H3. The molecule has 0 aromatic rings. The number of hydrogen-bond acceptors (Lipinski definition) is 3. The highest BCUT2D eigenvalue weighted by molar-refractivity contribution is 7.86. The van der Waals surface area contributed by atoms with Crippen molar-refractivity contribution in [3.8, 4) is 0 Å². The van der Waals surface area contributed by atoms with E-state index in [0.29, 0.717) is 13.2 Å². The molecule has 0 radical (unpaired) electrons. The maximum atomic E-state index is 11.9. The highest BCUT2D eigenvalue weighted by Crippen LogP contribution is 2.16. The van der Waals surface area contributed by atoms with E-state index in [4.69, 9.17) is 10.5 Å². The summed E-state index contributed by atoms with van der Waals surface area (Å²) < 4.78 is 17.2. The molecule has 0 aromatic carbocycles. The Bertz CT molecular complexity index is 169. The summed E-state index contributed by atoms with van der Waals surface area (Å²) in [5, 5.41) is 0.465. The van der Waals surface area contributed by atoms with Crippen molar-refractivity contribution >= 4 is 10.8 Å². The number of hydrogen-bond donors (Lipinski definition) is 1. The van der Waals surface area contributed by atoms with Crippen LogP contribution in [0.5, 0.6) is 0 Å². The quantitative estimate of drug-likeness (QED) is 0.733. The molecular formula is C9H19NO2S. The fourth-order valence-electron chi connectivity index (χ4n) is 1.57. The van der Waals surface area contributed by atoms with Crippen LogP contribution in [0.3, 0.4) is 0 Å². The van der Waals surface area contributed by atoms with Crippen molar-refractivity contribution < 1.29 is 8.95 Å². The lowest BCUT2D eigenvalue weighted by Crippen LogP contribution is -2.32. The van der Waals surface area contributed by atoms with Crippen molar-refractivity contribution in [2.75, 3.05) is 19.8 Å². The summed E-state index contributed by atoms with van der Waals surface area (Å²) in [6.45, 7) is 4.14. The Balaban J connectivity index is 2.36. The summed E-state index contributed by atoms with van der Waals surface area (Å²) >= 11 is 0. The van der Waals surface area contributed by atoms with E-state index in [9.17, 15) is 4.21 Å². The second-order valence-corrected chi connectivity index (χ2v) is 5.68. The van der Waals surface area contributed by atoms with Crippen LogP contribution < -0.4 is 5.73 Å². The minimum absolute atomic E-state index is 0.219. The van der Waals surface area contributed by atoms with Gasteiger partial charge in [-0.2, -0.15) is 0 Å². The average Bonchev–Trinajstić information content (AvgIpc) is 2.18. The molecule has 78 valence electrons. The van der Waals surface area contributed by atoms with Crippen molar-refractivity contribution in [3.63, 3.8) is 0 Å². The SMILES string of the molecule is CC(CCN)S(=O)C1CCCOC1. The van der Waals surface area contributed by atoms with Gasteiger partial charge in [0.15, 0.2) is 0 Å². The van der Waals surface area contributed by atoms with Gasteiger partial charge < -0.3 is 10.5 Å². The number of ether oxygens (including phenoxy) is 1. The van der Waals surface area contributed by atoms with Crippen LogP contribution >= 0.6 is 0 Å². The first-order valence-corrected chi connectivity index (χ1v) is 6.20. The lowest BCUT2D eigenvalue weighted by atomic mass is 10.2. The first kappa shape index (κ1) is 11.1. The fraction of sp³-hybridized carbons (Fsp3) is 1.00. The Morgan fingerprint density at radius 2 is 2.46 bits per heavy atom. The van der Waals surface area contributed by atoms with Crippen LogP contribution in [0.4, 0.5) is 0 Å². The van der Waals surface area contributed by atoms with Crippen LogP contribution in [0, 0.1) is 0 Å². The molecule has 0 amide bonds. The van der Waals surface area contributed by atoms with Crippen LogP contribution in [0.1, 0.15) is 26.2 Å². The van der Waals surface area contributed by atoms with Gasteiger partial charge in [0, 0.05) is 22.7 Å². The molecule has 1 fully saturated rings. The Labute approximate surface area is 82.5 Å². The van der Waals surface area contributed by atoms with E-state index >= 15 is 0 Å². The Morgan fingerprint density at radius 3 is 3.00 bits per heavy atom. The van der Waals surface area contributed by atoms with E-state index in [2.05, 4.69) is 0 Å². The Morgan fingerprint density at radius 1 is 1.69 bits per heavy atom. The summed E-state index contributed by atoms with van der Waals surface area (Å²) in [5.74, 6) is 0. The van der Waals surface area contributed by atoms with E-state index in [-0.39, 0.29) is 10.5 Å². The third-order valence-electron chi connectivity index (χ3n) is 2.42. The summed E-state index contributed by atoms with van der Waals surface area (Å²) in [5.41, 5.74) is 5.43. The molecule has 4 heteroatoms. The van der Waals surface area contributed by atoms with Crippen molar-refractivity contribution in [1.82, 2.24) is 0 Å². The largest absolute Gasteiger partial charge is 0.380 e. The van der Waals surface area contributed by atoms with Crippen molar-refractivity contribution in [1.29, 1.82) is 0 Å². The molecule has 1 rings (SSSR count). The van der Waals surface area contributed by atoms with Gasteiger partial charge in [0.25, 0.3) is 0 Å². The van der Waals surface area contributed by atoms with Gasteiger partial charge in [-0.15, -0.1) is 0 Å². The van der Waals surface area contributed by atoms with Crippen molar-refractivity contribution in [3.05, 3.63) is 0 Å². The van der Waals surface area contributed by atoms with E-state index in [1.54, 1.807) is 0 Å². The molecule has 13 heavy (non-hydrogen) atoms. The second kappa shape index (κ2) is 5.73. The molecule has 0 saturated carbocycles. The van der Waals surface area contributed by atoms with Gasteiger partial charge in [0.2, 0.25) is 0 Å². The number of nitrogens with two attached hydrogens (primary N) is 1. The normalized spacial score (nSPS) is 28.3. The molecule has 0 spiro atoms. The van der Waals surface area contributed by atoms with E-state index in [1.165, 1.54) is 0 Å². The predicted octanol–water partition coefficient (Wildman–Crippen LogP) is 0.651. The third kappa shape index (κ3) is 3.37. The van der Waals surface area contributed by atoms with Gasteiger partial charge in [0.1, 0.15) is 0 Å². The van der Waals surface area contributed by atoms with Gasteiger partial charge in [0.05, 0.1) is 11.9 Å². The molecule has 1 aliphatic rings. The summed E-state index contributed by atoms with van der Waals surface area (Å²) in [6, 6.07) is 0. The Kier molecular flexibility index (Phi) is 4.91. The number of rotatable bonds is 4. The summed E-state index contributed by atoms with van der Waals surface area (Å²) in [4.78, 5) is 0. The molecule has 3 nitrogen and oxygen atoms in total. The molecule has 0 bridgehead atoms. The maximum Gasteiger partial charge on any atom is 0.0610 e. The third-order valence-corrected chi connectivity index (χ3v) is 4.47. The molecule has 1 aliphatic heterocycles. The lowest BCUT2D eigenvalue weighted by Gasteiger charge is -2.24. The van der Waals surface area contributed by atoms with Crippen LogP contribution in [0.2, 0.25) is 0 Å². The van der Waals surface area contributed by atoms with Gasteiger partial charge in [-0.05, 0) is 25.8 Å². The minimum atomic E-state index is -0.756. The van der Waals surface area contributed by atoms with Crippen LogP contribution in [-0.4, -0.2) is 34.5 Å². The molecule has 3 atom stereocenters. The zero-order valence-corrected chi connectivity index (χ0v) is 9.02. The molecule has 3 unspecified atom stereocenters. The molecule has 0 aromatic heterocycles. The van der Waals surface area contributed by atoms with Gasteiger partial charge in [-0.3, -0.25) is 4.21 Å². The molecule has 1 saturated heterocycles. The van der Waals surface area contributed by atoms with Crippen LogP contribution in [-0.2, 0) is 15.5 Å². The highest BCUT2D eigenvalue weighted by Gasteiger charge is 2.23. The maximum absolute atomic E-state index is 11.9. The monoisotopic (exact) mass is 205 g/mol. The predicted molar refractivity (Wildman–Crippen MR) is 55.1 cm³/mol. The zero-order chi connectivity index (χ0) is 9.68. The first-order valence-electron chi connectivity index (χ1n) is 4.93. The molecule has 2 N–H and O–H groups in total. The summed E-state index contributed by atoms with van der Waals surface area (Å²) in [7, 11) is -0.756. The minimum Gasteiger partial charge on any atom is -0.380 e. The van der Waals surface area contributed by atoms with Gasteiger partial charge in [-0.25, -0.2) is 0 Å². The lowest BCUT2D eigenvalue weighted by molar-refractivity contribution is 0.100. The highest BCUT2D eigenvalue weighted by atomic mass is 32.2. The van der Waals surface area contributed by atoms with E-state index in [1.807, 2.05) is 6.92 Å². The van der Waals surface area contributed by atoms with Crippen LogP contribution in [0.25, 0.3) is 0 Å². The average molecular weight is 205 g/mol. The topological polar surface area (TPSA) is 52.3 Å².